The predicted molar refractivity (Wildman–Crippen MR) is 27.2 cm³/mol. The predicted octanol–water partition coefficient (Wildman–Crippen LogP) is -0.479. The molecule has 0 aliphatic carbocycles. The van der Waals surface area contributed by atoms with Crippen LogP contribution in [0, 0.1) is 6.08 Å². The molecule has 3 heteroatoms. The summed E-state index contributed by atoms with van der Waals surface area (Å²) in [6.45, 7) is 0. The molecule has 0 aromatic rings. The summed E-state index contributed by atoms with van der Waals surface area (Å²) in [6.07, 6.45) is 4.37. The molecule has 3 nitrogen and oxygen atoms in total. The Morgan fingerprint density at radius 2 is 2.71 bits per heavy atom. The minimum atomic E-state index is 0.447. The van der Waals surface area contributed by atoms with Crippen molar-refractivity contribution in [3.05, 3.63) is 12.3 Å². The van der Waals surface area contributed by atoms with E-state index in [0.717, 1.165) is 0 Å². The van der Waals surface area contributed by atoms with Crippen molar-refractivity contribution in [1.29, 1.82) is 0 Å². The van der Waals surface area contributed by atoms with E-state index in [1.165, 1.54) is 0 Å². The van der Waals surface area contributed by atoms with Gasteiger partial charge in [0, 0.05) is 7.05 Å². The van der Waals surface area contributed by atoms with Crippen LogP contribution in [0.2, 0.25) is 0 Å². The molecule has 2 N–H and O–H groups in total. The third-order valence-corrected chi connectivity index (χ3v) is 0.665. The van der Waals surface area contributed by atoms with E-state index in [1.54, 1.807) is 18.3 Å². The van der Waals surface area contributed by atoms with Crippen LogP contribution in [-0.4, -0.2) is 17.9 Å². The van der Waals surface area contributed by atoms with Gasteiger partial charge in [-0.05, 0) is 0 Å². The average molecular weight is 96.1 g/mol. The van der Waals surface area contributed by atoms with Gasteiger partial charge in [0.1, 0.15) is 0 Å². The van der Waals surface area contributed by atoms with E-state index in [0.29, 0.717) is 5.84 Å². The van der Waals surface area contributed by atoms with Crippen LogP contribution in [0.25, 0.3) is 0 Å². The normalized spacial score (nSPS) is 16.7. The second-order valence-corrected chi connectivity index (χ2v) is 1.33. The largest absolute Gasteiger partial charge is 0.398 e. The number of hydrogen-bond donors (Lipinski definition) is 1. The molecule has 0 fully saturated rings. The zero-order valence-electron chi connectivity index (χ0n) is 4.05. The summed E-state index contributed by atoms with van der Waals surface area (Å²) in [4.78, 5) is 0. The Kier molecular flexibility index (Phi) is 0.704. The number of hydrogen-bond acceptors (Lipinski definition) is 3. The van der Waals surface area contributed by atoms with E-state index in [4.69, 9.17) is 5.73 Å². The lowest BCUT2D eigenvalue weighted by Crippen LogP contribution is -2.06. The third-order valence-electron chi connectivity index (χ3n) is 0.665. The smallest absolute Gasteiger partial charge is 0.337 e. The second-order valence-electron chi connectivity index (χ2n) is 1.33. The van der Waals surface area contributed by atoms with Gasteiger partial charge in [-0.25, -0.2) is 5.01 Å². The van der Waals surface area contributed by atoms with Gasteiger partial charge in [-0.2, -0.15) is 0 Å². The maximum Gasteiger partial charge on any atom is 0.398 e. The van der Waals surface area contributed by atoms with Gasteiger partial charge in [0.2, 0.25) is 0 Å². The van der Waals surface area contributed by atoms with Crippen LogP contribution in [0.3, 0.4) is 0 Å². The quantitative estimate of drug-likeness (QED) is 0.414. The molecule has 0 amide bonds. The lowest BCUT2D eigenvalue weighted by Gasteiger charge is -1.88. The minimum absolute atomic E-state index is 0.447. The molecule has 0 atom stereocenters. The highest BCUT2D eigenvalue weighted by Crippen LogP contribution is 1.91. The highest BCUT2D eigenvalue weighted by atomic mass is 15.4. The van der Waals surface area contributed by atoms with E-state index in [-0.39, 0.29) is 0 Å². The molecule has 1 rings (SSSR count). The molecule has 0 unspecified atom stereocenters. The Labute approximate surface area is 42.1 Å². The first kappa shape index (κ1) is 4.09. The molecule has 1 aliphatic rings. The molecule has 0 saturated carbocycles. The number of nitrogens with two attached hydrogens (primary N) is 1. The second kappa shape index (κ2) is 1.21. The van der Waals surface area contributed by atoms with Crippen LogP contribution in [0.15, 0.2) is 11.3 Å². The summed E-state index contributed by atoms with van der Waals surface area (Å²) in [5.74, 6) is 0.447. The van der Waals surface area contributed by atoms with Gasteiger partial charge in [-0.1, -0.05) is 5.10 Å². The summed E-state index contributed by atoms with van der Waals surface area (Å²) < 4.78 is 0. The van der Waals surface area contributed by atoms with E-state index in [1.807, 2.05) is 0 Å². The van der Waals surface area contributed by atoms with Crippen molar-refractivity contribution in [1.82, 2.24) is 5.01 Å². The van der Waals surface area contributed by atoms with Gasteiger partial charge >= 0.3 is 11.9 Å². The maximum atomic E-state index is 5.19. The first-order valence-electron chi connectivity index (χ1n) is 1.96. The molecule has 7 heavy (non-hydrogen) atoms. The van der Waals surface area contributed by atoms with Gasteiger partial charge < -0.3 is 5.73 Å². The standard InChI is InChI=1S/C4H6N3/c1-7-3-2-4(5)6-7/h3H,1H3,(H2,5,6)/q+1. The zero-order chi connectivity index (χ0) is 5.28. The summed E-state index contributed by atoms with van der Waals surface area (Å²) in [6, 6.07) is 0. The average Bonchev–Trinajstić information content (AvgIpc) is 1.87. The van der Waals surface area contributed by atoms with Crippen molar-refractivity contribution < 1.29 is 0 Å². The van der Waals surface area contributed by atoms with E-state index in [2.05, 4.69) is 11.2 Å². The first-order chi connectivity index (χ1) is 3.29. The van der Waals surface area contributed by atoms with Gasteiger partial charge in [-0.3, -0.25) is 0 Å². The van der Waals surface area contributed by atoms with Crippen LogP contribution in [0.1, 0.15) is 0 Å². The lowest BCUT2D eigenvalue weighted by atomic mass is 10.6. The summed E-state index contributed by atoms with van der Waals surface area (Å²) in [5.41, 5.74) is 5.19. The van der Waals surface area contributed by atoms with Crippen LogP contribution in [-0.2, 0) is 0 Å². The molecular weight excluding hydrogens is 90.1 g/mol. The van der Waals surface area contributed by atoms with Crippen molar-refractivity contribution >= 4 is 5.84 Å². The maximum absolute atomic E-state index is 5.19. The Hall–Kier alpha value is -1.08. The number of rotatable bonds is 0. The molecule has 0 bridgehead atoms. The highest BCUT2D eigenvalue weighted by Gasteiger charge is 2.12. The summed E-state index contributed by atoms with van der Waals surface area (Å²) >= 11 is 0. The fraction of sp³-hybridized carbons (Fsp3) is 0.250. The van der Waals surface area contributed by atoms with Gasteiger partial charge in [0.15, 0.2) is 0 Å². The molecular formula is C4H6N3+. The van der Waals surface area contributed by atoms with E-state index < -0.39 is 0 Å². The molecule has 0 aromatic heterocycles. The van der Waals surface area contributed by atoms with E-state index in [9.17, 15) is 0 Å². The van der Waals surface area contributed by atoms with Gasteiger partial charge in [0.05, 0.1) is 0 Å². The van der Waals surface area contributed by atoms with Crippen LogP contribution < -0.4 is 5.73 Å². The Morgan fingerprint density at radius 1 is 2.00 bits per heavy atom. The van der Waals surface area contributed by atoms with Crippen molar-refractivity contribution in [2.75, 3.05) is 7.05 Å². The summed E-state index contributed by atoms with van der Waals surface area (Å²) in [7, 11) is 1.80. The van der Waals surface area contributed by atoms with Crippen LogP contribution >= 0.6 is 0 Å². The minimum Gasteiger partial charge on any atom is -0.337 e. The molecule has 36 valence electrons. The fourth-order valence-electron chi connectivity index (χ4n) is 0.387. The molecule has 0 aromatic carbocycles. The molecule has 0 radical (unpaired) electrons. The highest BCUT2D eigenvalue weighted by molar-refractivity contribution is 5.88. The number of hydrazone groups is 1. The Balaban J connectivity index is 2.69. The van der Waals surface area contributed by atoms with Crippen molar-refractivity contribution in [2.45, 2.75) is 0 Å². The molecule has 1 heterocycles. The Bertz CT molecular complexity index is 125. The third kappa shape index (κ3) is 0.669. The molecule has 0 spiro atoms. The van der Waals surface area contributed by atoms with Gasteiger partial charge in [-0.15, -0.1) is 0 Å². The lowest BCUT2D eigenvalue weighted by molar-refractivity contribution is 0.501. The SMILES string of the molecule is CN1C=[C+]C(N)=N1. The monoisotopic (exact) mass is 96.1 g/mol. The van der Waals surface area contributed by atoms with Crippen molar-refractivity contribution in [2.24, 2.45) is 10.8 Å². The van der Waals surface area contributed by atoms with Crippen LogP contribution in [0.5, 0.6) is 0 Å². The van der Waals surface area contributed by atoms with Crippen LogP contribution in [0.4, 0.5) is 0 Å². The molecule has 0 saturated heterocycles. The van der Waals surface area contributed by atoms with Crippen molar-refractivity contribution in [3.63, 3.8) is 0 Å². The fourth-order valence-corrected chi connectivity index (χ4v) is 0.387. The zero-order valence-corrected chi connectivity index (χ0v) is 4.05. The Morgan fingerprint density at radius 3 is 2.86 bits per heavy atom. The number of amidine groups is 1. The van der Waals surface area contributed by atoms with E-state index >= 15 is 0 Å². The summed E-state index contributed by atoms with van der Waals surface area (Å²) in [5, 5.41) is 5.36. The molecule has 1 aliphatic heterocycles. The first-order valence-corrected chi connectivity index (χ1v) is 1.96. The number of nitrogens with zero attached hydrogens (tertiary/aromatic N) is 2. The topological polar surface area (TPSA) is 41.6 Å². The van der Waals surface area contributed by atoms with Crippen molar-refractivity contribution in [3.8, 4) is 0 Å². The van der Waals surface area contributed by atoms with Gasteiger partial charge in [0.25, 0.3) is 6.20 Å².